The molecule has 5 N–H and O–H groups in total. The quantitative estimate of drug-likeness (QED) is 0.473. The van der Waals surface area contributed by atoms with Crippen LogP contribution in [-0.4, -0.2) is 57.9 Å². The van der Waals surface area contributed by atoms with Crippen molar-refractivity contribution in [2.45, 2.75) is 24.7 Å². The van der Waals surface area contributed by atoms with E-state index >= 15 is 0 Å². The van der Waals surface area contributed by atoms with Gasteiger partial charge in [-0.25, -0.2) is 14.0 Å². The number of carbonyl (C=O) groups is 3. The van der Waals surface area contributed by atoms with Crippen LogP contribution in [0.2, 0.25) is 0 Å². The Hall–Kier alpha value is -3.92. The number of aliphatic hydroxyl groups is 1. The first kappa shape index (κ1) is 22.3. The molecule has 172 valence electrons. The first-order valence-electron chi connectivity index (χ1n) is 10.5. The zero-order chi connectivity index (χ0) is 23.5. The molecule has 1 aromatic heterocycles. The predicted molar refractivity (Wildman–Crippen MR) is 120 cm³/mol. The number of amides is 4. The Morgan fingerprint density at radius 2 is 1.82 bits per heavy atom. The Kier molecular flexibility index (Phi) is 6.27. The maximum absolute atomic E-state index is 14.3. The number of aromatic nitrogens is 1. The van der Waals surface area contributed by atoms with Crippen LogP contribution in [0.4, 0.5) is 19.7 Å². The normalized spacial score (nSPS) is 18.8. The molecule has 3 atom stereocenters. The highest BCUT2D eigenvalue weighted by Crippen LogP contribution is 2.28. The number of nitrogens with two attached hydrogens (primary N) is 1. The van der Waals surface area contributed by atoms with Crippen molar-refractivity contribution in [1.29, 1.82) is 0 Å². The predicted octanol–water partition coefficient (Wildman–Crippen LogP) is 2.36. The summed E-state index contributed by atoms with van der Waals surface area (Å²) in [5.41, 5.74) is 6.93. The molecule has 9 nitrogen and oxygen atoms in total. The third kappa shape index (κ3) is 4.51. The number of para-hydroxylation sites is 1. The number of fused-ring (bicyclic) bond motifs is 1. The first-order valence-corrected chi connectivity index (χ1v) is 10.5. The number of likely N-dealkylation sites (tertiary alicyclic amines) is 1. The van der Waals surface area contributed by atoms with Gasteiger partial charge >= 0.3 is 12.1 Å². The molecule has 10 heteroatoms. The number of urea groups is 1. The summed E-state index contributed by atoms with van der Waals surface area (Å²) in [6.45, 7) is -0.603. The monoisotopic (exact) mass is 453 g/mol. The van der Waals surface area contributed by atoms with Crippen LogP contribution in [0.15, 0.2) is 60.8 Å². The van der Waals surface area contributed by atoms with E-state index in [1.807, 2.05) is 6.07 Å². The molecule has 1 aliphatic rings. The lowest BCUT2D eigenvalue weighted by Crippen LogP contribution is -2.48. The minimum atomic E-state index is -1.37. The van der Waals surface area contributed by atoms with Gasteiger partial charge in [-0.2, -0.15) is 0 Å². The van der Waals surface area contributed by atoms with Crippen molar-refractivity contribution in [2.24, 2.45) is 5.73 Å². The van der Waals surface area contributed by atoms with Crippen LogP contribution in [0.3, 0.4) is 0 Å². The second-order valence-corrected chi connectivity index (χ2v) is 7.85. The second-order valence-electron chi connectivity index (χ2n) is 7.85. The highest BCUT2D eigenvalue weighted by molar-refractivity contribution is 6.05. The molecule has 4 rings (SSSR count). The van der Waals surface area contributed by atoms with Crippen LogP contribution >= 0.6 is 0 Å². The molecule has 2 heterocycles. The fraction of sp³-hybridized carbons (Fsp3) is 0.261. The number of hydrogen-bond donors (Lipinski definition) is 4. The van der Waals surface area contributed by atoms with Crippen molar-refractivity contribution < 1.29 is 23.9 Å². The average Bonchev–Trinajstić information content (AvgIpc) is 3.39. The third-order valence-corrected chi connectivity index (χ3v) is 5.71. The van der Waals surface area contributed by atoms with E-state index in [-0.39, 0.29) is 19.6 Å². The van der Waals surface area contributed by atoms with E-state index in [4.69, 9.17) is 5.73 Å². The van der Waals surface area contributed by atoms with E-state index in [0.717, 1.165) is 4.90 Å². The highest BCUT2D eigenvalue weighted by atomic mass is 19.1. The molecule has 1 saturated heterocycles. The topological polar surface area (TPSA) is 130 Å². The minimum absolute atomic E-state index is 0.158. The Morgan fingerprint density at radius 3 is 2.52 bits per heavy atom. The summed E-state index contributed by atoms with van der Waals surface area (Å²) in [6, 6.07) is 12.6. The highest BCUT2D eigenvalue weighted by Gasteiger charge is 2.40. The van der Waals surface area contributed by atoms with E-state index in [9.17, 15) is 23.9 Å². The number of anilines is 1. The third-order valence-electron chi connectivity index (χ3n) is 5.71. The molecule has 0 radical (unpaired) electrons. The molecule has 0 saturated carbocycles. The summed E-state index contributed by atoms with van der Waals surface area (Å²) in [7, 11) is 0. The number of rotatable bonds is 5. The van der Waals surface area contributed by atoms with Crippen molar-refractivity contribution in [3.05, 3.63) is 66.4 Å². The van der Waals surface area contributed by atoms with Gasteiger partial charge < -0.3 is 26.4 Å². The lowest BCUT2D eigenvalue weighted by Gasteiger charge is -2.26. The molecular formula is C23H24FN5O4. The summed E-state index contributed by atoms with van der Waals surface area (Å²) in [5, 5.41) is 15.7. The smallest absolute Gasteiger partial charge is 0.323 e. The first-order chi connectivity index (χ1) is 15.9. The van der Waals surface area contributed by atoms with Gasteiger partial charge in [-0.3, -0.25) is 9.36 Å². The molecule has 0 unspecified atom stereocenters. The molecular weight excluding hydrogens is 429 g/mol. The van der Waals surface area contributed by atoms with Crippen molar-refractivity contribution >= 4 is 34.6 Å². The van der Waals surface area contributed by atoms with Crippen molar-refractivity contribution in [3.63, 3.8) is 0 Å². The zero-order valence-corrected chi connectivity index (χ0v) is 17.6. The maximum atomic E-state index is 14.3. The largest absolute Gasteiger partial charge is 0.394 e. The van der Waals surface area contributed by atoms with Crippen LogP contribution in [0.5, 0.6) is 0 Å². The van der Waals surface area contributed by atoms with E-state index in [1.165, 1.54) is 10.8 Å². The number of aliphatic hydroxyl groups excluding tert-OH is 1. The Bertz CT molecular complexity index is 1180. The molecule has 4 amide bonds. The molecule has 1 aliphatic heterocycles. The number of halogens is 1. The number of hydrogen-bond acceptors (Lipinski definition) is 4. The van der Waals surface area contributed by atoms with Crippen molar-refractivity contribution in [3.8, 4) is 0 Å². The second kappa shape index (κ2) is 9.29. The summed E-state index contributed by atoms with van der Waals surface area (Å²) in [4.78, 5) is 38.8. The lowest BCUT2D eigenvalue weighted by atomic mass is 10.1. The number of carbonyl (C=O) groups excluding carboxylic acids is 3. The molecule has 2 aromatic carbocycles. The van der Waals surface area contributed by atoms with Crippen molar-refractivity contribution in [2.75, 3.05) is 18.5 Å². The van der Waals surface area contributed by atoms with Gasteiger partial charge in [0, 0.05) is 18.0 Å². The fourth-order valence-electron chi connectivity index (χ4n) is 4.09. The molecule has 0 spiro atoms. The molecule has 0 bridgehead atoms. The summed E-state index contributed by atoms with van der Waals surface area (Å²) >= 11 is 0. The fourth-order valence-corrected chi connectivity index (χ4v) is 4.09. The zero-order valence-electron chi connectivity index (χ0n) is 17.6. The Labute approximate surface area is 189 Å². The van der Waals surface area contributed by atoms with Crippen LogP contribution in [0.25, 0.3) is 10.9 Å². The SMILES string of the molecule is NC(=O)n1cc(NC(=O)N2C[C@H](F)C[C@H]2C(=O)N[C@H](CO)c2ccccc2)c2ccccc21. The van der Waals surface area contributed by atoms with E-state index in [0.29, 0.717) is 22.2 Å². The molecule has 3 aromatic rings. The Balaban J connectivity index is 1.53. The van der Waals surface area contributed by atoms with E-state index in [1.54, 1.807) is 48.5 Å². The number of nitrogens with zero attached hydrogens (tertiary/aromatic N) is 2. The molecule has 33 heavy (non-hydrogen) atoms. The van der Waals surface area contributed by atoms with Gasteiger partial charge in [0.2, 0.25) is 5.91 Å². The van der Waals surface area contributed by atoms with Gasteiger partial charge in [0.25, 0.3) is 0 Å². The number of primary amides is 1. The van der Waals surface area contributed by atoms with Gasteiger partial charge in [0.15, 0.2) is 0 Å². The van der Waals surface area contributed by atoms with Crippen LogP contribution < -0.4 is 16.4 Å². The van der Waals surface area contributed by atoms with Crippen LogP contribution in [0, 0.1) is 0 Å². The molecule has 0 aliphatic carbocycles. The summed E-state index contributed by atoms with van der Waals surface area (Å²) in [5.74, 6) is -0.562. The number of alkyl halides is 1. The lowest BCUT2D eigenvalue weighted by molar-refractivity contribution is -0.125. The van der Waals surface area contributed by atoms with Crippen LogP contribution in [0.1, 0.15) is 18.0 Å². The summed E-state index contributed by atoms with van der Waals surface area (Å²) in [6.07, 6.45) is -0.141. The van der Waals surface area contributed by atoms with E-state index in [2.05, 4.69) is 10.6 Å². The van der Waals surface area contributed by atoms with Gasteiger partial charge in [-0.05, 0) is 11.6 Å². The van der Waals surface area contributed by atoms with Crippen molar-refractivity contribution in [1.82, 2.24) is 14.8 Å². The van der Waals surface area contributed by atoms with Gasteiger partial charge in [-0.1, -0.05) is 48.5 Å². The van der Waals surface area contributed by atoms with Gasteiger partial charge in [0.1, 0.15) is 12.2 Å². The molecule has 1 fully saturated rings. The van der Waals surface area contributed by atoms with Crippen LogP contribution in [-0.2, 0) is 4.79 Å². The standard InChI is InChI=1S/C23H24FN5O4/c24-15-10-20(21(31)26-18(13-30)14-6-2-1-3-7-14)29(11-15)23(33)27-17-12-28(22(25)32)19-9-5-4-8-16(17)19/h1-9,12,15,18,20,30H,10-11,13H2,(H2,25,32)(H,26,31)(H,27,33)/t15-,18-,20+/m1/s1. The number of nitrogens with one attached hydrogen (secondary N) is 2. The average molecular weight is 453 g/mol. The Morgan fingerprint density at radius 1 is 1.12 bits per heavy atom. The number of benzene rings is 2. The van der Waals surface area contributed by atoms with Gasteiger partial charge in [0.05, 0.1) is 30.4 Å². The summed E-state index contributed by atoms with van der Waals surface area (Å²) < 4.78 is 15.5. The minimum Gasteiger partial charge on any atom is -0.394 e. The van der Waals surface area contributed by atoms with Gasteiger partial charge in [-0.15, -0.1) is 0 Å². The van der Waals surface area contributed by atoms with E-state index < -0.39 is 36.2 Å². The maximum Gasteiger partial charge on any atom is 0.323 e.